The Kier molecular flexibility index (Phi) is 6.65. The molecule has 7 nitrogen and oxygen atoms in total. The average Bonchev–Trinajstić information content (AvgIpc) is 3.26. The molecule has 2 atom stereocenters. The van der Waals surface area contributed by atoms with Gasteiger partial charge in [-0.05, 0) is 36.1 Å². The van der Waals surface area contributed by atoms with Crippen LogP contribution in [0.3, 0.4) is 0 Å². The summed E-state index contributed by atoms with van der Waals surface area (Å²) >= 11 is 1.45. The molecule has 0 bridgehead atoms. The summed E-state index contributed by atoms with van der Waals surface area (Å²) in [6.45, 7) is 0. The van der Waals surface area contributed by atoms with Crippen LogP contribution in [0.25, 0.3) is 0 Å². The van der Waals surface area contributed by atoms with E-state index >= 15 is 0 Å². The number of hydrogen-bond acceptors (Lipinski definition) is 6. The van der Waals surface area contributed by atoms with Crippen LogP contribution in [-0.2, 0) is 0 Å². The standard InChI is InChI=1S/C23H23F3N4O3S/c1-32-17-9-8-13(10-18(17)33-2)16-11-20(23(24,25)26)30-21(28-16)14(12-27-30)22(31)29-15-6-4-5-7-19(15)34-3/h4-10,12,16,20,28H,11H2,1-3H3,(H,29,31)/t16-,20+/m0/s1. The van der Waals surface area contributed by atoms with Crippen LogP contribution in [0.2, 0.25) is 0 Å². The molecule has 11 heteroatoms. The van der Waals surface area contributed by atoms with Crippen LogP contribution in [-0.4, -0.2) is 42.3 Å². The molecule has 3 aromatic rings. The molecule has 0 saturated carbocycles. The zero-order chi connectivity index (χ0) is 24.5. The Morgan fingerprint density at radius 1 is 1.18 bits per heavy atom. The van der Waals surface area contributed by atoms with Gasteiger partial charge in [0.1, 0.15) is 11.4 Å². The van der Waals surface area contributed by atoms with Crippen LogP contribution in [0.1, 0.15) is 34.4 Å². The summed E-state index contributed by atoms with van der Waals surface area (Å²) in [5.74, 6) is 0.319. The maximum absolute atomic E-state index is 14.0. The number of nitrogens with one attached hydrogen (secondary N) is 2. The van der Waals surface area contributed by atoms with E-state index in [2.05, 4.69) is 15.7 Å². The predicted molar refractivity (Wildman–Crippen MR) is 124 cm³/mol. The number of anilines is 2. The van der Waals surface area contributed by atoms with Gasteiger partial charge in [0.05, 0.1) is 32.1 Å². The first-order chi connectivity index (χ1) is 16.3. The van der Waals surface area contributed by atoms with Crippen LogP contribution >= 0.6 is 11.8 Å². The SMILES string of the molecule is COc1ccc([C@@H]2C[C@H](C(F)(F)F)n3ncc(C(=O)Nc4ccccc4SC)c3N2)cc1OC. The van der Waals surface area contributed by atoms with Crippen molar-refractivity contribution >= 4 is 29.2 Å². The highest BCUT2D eigenvalue weighted by atomic mass is 32.2. The largest absolute Gasteiger partial charge is 0.493 e. The lowest BCUT2D eigenvalue weighted by atomic mass is 9.96. The molecule has 2 N–H and O–H groups in total. The smallest absolute Gasteiger partial charge is 0.410 e. The van der Waals surface area contributed by atoms with Gasteiger partial charge in [0.25, 0.3) is 5.91 Å². The molecule has 1 aliphatic heterocycles. The molecule has 0 saturated heterocycles. The number of rotatable bonds is 6. The van der Waals surface area contributed by atoms with Crippen molar-refractivity contribution < 1.29 is 27.4 Å². The van der Waals surface area contributed by atoms with Crippen molar-refractivity contribution in [3.05, 3.63) is 59.8 Å². The maximum atomic E-state index is 14.0. The van der Waals surface area contributed by atoms with Gasteiger partial charge in [-0.1, -0.05) is 18.2 Å². The first-order valence-corrected chi connectivity index (χ1v) is 11.6. The topological polar surface area (TPSA) is 77.4 Å². The second kappa shape index (κ2) is 9.49. The molecule has 1 aromatic heterocycles. The van der Waals surface area contributed by atoms with E-state index in [1.54, 1.807) is 30.3 Å². The lowest BCUT2D eigenvalue weighted by Gasteiger charge is -2.34. The van der Waals surface area contributed by atoms with E-state index in [0.717, 1.165) is 15.8 Å². The number of thioether (sulfide) groups is 1. The highest BCUT2D eigenvalue weighted by Gasteiger charge is 2.47. The summed E-state index contributed by atoms with van der Waals surface area (Å²) in [5, 5.41) is 9.79. The van der Waals surface area contributed by atoms with Crippen LogP contribution in [0.5, 0.6) is 11.5 Å². The molecule has 2 heterocycles. The normalized spacial score (nSPS) is 17.5. The van der Waals surface area contributed by atoms with Gasteiger partial charge in [-0.15, -0.1) is 11.8 Å². The number of fused-ring (bicyclic) bond motifs is 1. The van der Waals surface area contributed by atoms with Gasteiger partial charge in [0, 0.05) is 11.3 Å². The van der Waals surface area contributed by atoms with E-state index in [1.165, 1.54) is 26.0 Å². The second-order valence-electron chi connectivity index (χ2n) is 7.61. The van der Waals surface area contributed by atoms with Gasteiger partial charge in [0.2, 0.25) is 0 Å². The minimum atomic E-state index is -4.56. The van der Waals surface area contributed by atoms with Gasteiger partial charge < -0.3 is 20.1 Å². The number of aromatic nitrogens is 2. The van der Waals surface area contributed by atoms with Crippen molar-refractivity contribution in [3.63, 3.8) is 0 Å². The third kappa shape index (κ3) is 4.52. The molecule has 1 amide bonds. The Hall–Kier alpha value is -3.34. The number of carbonyl (C=O) groups is 1. The highest BCUT2D eigenvalue weighted by molar-refractivity contribution is 7.98. The third-order valence-corrected chi connectivity index (χ3v) is 6.44. The number of carbonyl (C=O) groups excluding carboxylic acids is 1. The zero-order valence-electron chi connectivity index (χ0n) is 18.6. The van der Waals surface area contributed by atoms with Gasteiger partial charge in [0.15, 0.2) is 17.5 Å². The number of hydrogen-bond donors (Lipinski definition) is 2. The quantitative estimate of drug-likeness (QED) is 0.441. The van der Waals surface area contributed by atoms with E-state index in [0.29, 0.717) is 22.7 Å². The number of amides is 1. The van der Waals surface area contributed by atoms with Crippen LogP contribution in [0.4, 0.5) is 24.7 Å². The van der Waals surface area contributed by atoms with Gasteiger partial charge in [-0.3, -0.25) is 4.79 Å². The number of para-hydroxylation sites is 1. The third-order valence-electron chi connectivity index (χ3n) is 5.65. The summed E-state index contributed by atoms with van der Waals surface area (Å²) in [4.78, 5) is 13.9. The summed E-state index contributed by atoms with van der Waals surface area (Å²) < 4.78 is 53.4. The molecule has 180 valence electrons. The first kappa shape index (κ1) is 23.8. The molecular formula is C23H23F3N4O3S. The van der Waals surface area contributed by atoms with Crippen molar-refractivity contribution in [1.82, 2.24) is 9.78 Å². The van der Waals surface area contributed by atoms with Gasteiger partial charge >= 0.3 is 6.18 Å². The van der Waals surface area contributed by atoms with Crippen molar-refractivity contribution in [2.24, 2.45) is 0 Å². The monoisotopic (exact) mass is 492 g/mol. The zero-order valence-corrected chi connectivity index (χ0v) is 19.5. The number of benzene rings is 2. The average molecular weight is 493 g/mol. The molecular weight excluding hydrogens is 469 g/mol. The van der Waals surface area contributed by atoms with Crippen molar-refractivity contribution in [2.75, 3.05) is 31.1 Å². The molecule has 2 aromatic carbocycles. The van der Waals surface area contributed by atoms with Crippen LogP contribution in [0.15, 0.2) is 53.6 Å². The lowest BCUT2D eigenvalue weighted by Crippen LogP contribution is -2.36. The fraction of sp³-hybridized carbons (Fsp3) is 0.304. The number of halogens is 3. The van der Waals surface area contributed by atoms with Gasteiger partial charge in [-0.25, -0.2) is 4.68 Å². The Morgan fingerprint density at radius 2 is 1.91 bits per heavy atom. The number of alkyl halides is 3. The Labute approximate surface area is 198 Å². The fourth-order valence-corrected chi connectivity index (χ4v) is 4.51. The van der Waals surface area contributed by atoms with Crippen molar-refractivity contribution in [3.8, 4) is 11.5 Å². The minimum Gasteiger partial charge on any atom is -0.493 e. The minimum absolute atomic E-state index is 0.00694. The van der Waals surface area contributed by atoms with E-state index in [-0.39, 0.29) is 17.8 Å². The second-order valence-corrected chi connectivity index (χ2v) is 8.46. The van der Waals surface area contributed by atoms with Crippen LogP contribution in [0, 0.1) is 0 Å². The molecule has 0 spiro atoms. The first-order valence-electron chi connectivity index (χ1n) is 10.3. The molecule has 1 aliphatic rings. The molecule has 0 radical (unpaired) electrons. The summed E-state index contributed by atoms with van der Waals surface area (Å²) in [5.41, 5.74) is 1.16. The molecule has 4 rings (SSSR count). The van der Waals surface area contributed by atoms with E-state index in [1.807, 2.05) is 18.4 Å². The van der Waals surface area contributed by atoms with Crippen molar-refractivity contribution in [1.29, 1.82) is 0 Å². The van der Waals surface area contributed by atoms with Crippen molar-refractivity contribution in [2.45, 2.75) is 29.6 Å². The lowest BCUT2D eigenvalue weighted by molar-refractivity contribution is -0.173. The molecule has 0 fully saturated rings. The summed E-state index contributed by atoms with van der Waals surface area (Å²) in [6, 6.07) is 9.49. The highest BCUT2D eigenvalue weighted by Crippen LogP contribution is 2.45. The molecule has 0 unspecified atom stereocenters. The number of ether oxygens (including phenoxy) is 2. The van der Waals surface area contributed by atoms with E-state index in [4.69, 9.17) is 9.47 Å². The maximum Gasteiger partial charge on any atom is 0.410 e. The van der Waals surface area contributed by atoms with E-state index in [9.17, 15) is 18.0 Å². The molecule has 0 aliphatic carbocycles. The summed E-state index contributed by atoms with van der Waals surface area (Å²) in [6.07, 6.45) is -1.83. The Balaban J connectivity index is 1.71. The predicted octanol–water partition coefficient (Wildman–Crippen LogP) is 5.53. The number of methoxy groups -OCH3 is 2. The fourth-order valence-electron chi connectivity index (χ4n) is 3.95. The Bertz CT molecular complexity index is 1200. The summed E-state index contributed by atoms with van der Waals surface area (Å²) in [7, 11) is 2.94. The molecule has 34 heavy (non-hydrogen) atoms. The van der Waals surface area contributed by atoms with Gasteiger partial charge in [-0.2, -0.15) is 18.3 Å². The Morgan fingerprint density at radius 3 is 2.59 bits per heavy atom. The number of nitrogens with zero attached hydrogens (tertiary/aromatic N) is 2. The van der Waals surface area contributed by atoms with E-state index < -0.39 is 24.2 Å². The van der Waals surface area contributed by atoms with Crippen LogP contribution < -0.4 is 20.1 Å².